The summed E-state index contributed by atoms with van der Waals surface area (Å²) in [5, 5.41) is 18.9. The van der Waals surface area contributed by atoms with Crippen LogP contribution in [0.15, 0.2) is 24.0 Å². The Bertz CT molecular complexity index is 451. The van der Waals surface area contributed by atoms with E-state index in [9.17, 15) is 14.7 Å². The number of aliphatic carboxylic acids is 1. The molecule has 0 saturated heterocycles. The van der Waals surface area contributed by atoms with Gasteiger partial charge < -0.3 is 10.2 Å². The number of allylic oxidation sites excluding steroid dienone is 4. The Morgan fingerprint density at radius 2 is 1.92 bits per heavy atom. The van der Waals surface area contributed by atoms with Crippen molar-refractivity contribution in [2.45, 2.75) is 77.6 Å². The number of carboxylic acid groups (broad SMARTS) is 1. The van der Waals surface area contributed by atoms with Crippen LogP contribution in [0.25, 0.3) is 0 Å². The predicted octanol–water partition coefficient (Wildman–Crippen LogP) is 5.20. The van der Waals surface area contributed by atoms with Gasteiger partial charge in [0.1, 0.15) is 5.78 Å². The Balaban J connectivity index is 2.40. The maximum Gasteiger partial charge on any atom is 0.303 e. The van der Waals surface area contributed by atoms with Gasteiger partial charge >= 0.3 is 5.97 Å². The minimum atomic E-state index is -0.775. The lowest BCUT2D eigenvalue weighted by atomic mass is 9.89. The zero-order valence-electron chi connectivity index (χ0n) is 14.9. The molecule has 1 rings (SSSR count). The van der Waals surface area contributed by atoms with Gasteiger partial charge in [-0.05, 0) is 44.6 Å². The Kier molecular flexibility index (Phi) is 10.1. The van der Waals surface area contributed by atoms with E-state index in [1.807, 2.05) is 18.2 Å². The van der Waals surface area contributed by atoms with E-state index in [1.165, 1.54) is 19.3 Å². The predicted molar refractivity (Wildman–Crippen MR) is 95.9 cm³/mol. The number of hydrogen-bond donors (Lipinski definition) is 2. The molecule has 2 N–H and O–H groups in total. The number of unbranched alkanes of at least 4 members (excludes halogenated alkanes) is 5. The average molecular weight is 336 g/mol. The molecular formula is C20H32O4. The fraction of sp³-hybridized carbons (Fsp3) is 0.700. The van der Waals surface area contributed by atoms with Crippen molar-refractivity contribution in [3.8, 4) is 0 Å². The van der Waals surface area contributed by atoms with Gasteiger partial charge in [-0.15, -0.1) is 0 Å². The second-order valence-electron chi connectivity index (χ2n) is 6.69. The van der Waals surface area contributed by atoms with Crippen LogP contribution in [-0.2, 0) is 9.59 Å². The monoisotopic (exact) mass is 336 g/mol. The molecule has 1 aliphatic carbocycles. The van der Waals surface area contributed by atoms with Crippen molar-refractivity contribution in [1.29, 1.82) is 0 Å². The van der Waals surface area contributed by atoms with Crippen molar-refractivity contribution in [2.24, 2.45) is 11.8 Å². The minimum absolute atomic E-state index is 0.0349. The van der Waals surface area contributed by atoms with E-state index in [0.717, 1.165) is 25.7 Å². The number of carboxylic acids is 1. The third-order valence-corrected chi connectivity index (χ3v) is 4.71. The van der Waals surface area contributed by atoms with Crippen LogP contribution in [0.5, 0.6) is 0 Å². The Hall–Kier alpha value is -1.58. The number of carbonyl (C=O) groups is 2. The van der Waals surface area contributed by atoms with Gasteiger partial charge in [0.15, 0.2) is 0 Å². The lowest BCUT2D eigenvalue weighted by molar-refractivity contribution is -0.137. The molecule has 0 heterocycles. The van der Waals surface area contributed by atoms with Crippen molar-refractivity contribution in [3.05, 3.63) is 24.0 Å². The van der Waals surface area contributed by atoms with E-state index >= 15 is 0 Å². The molecule has 1 saturated carbocycles. The normalized spacial score (nSPS) is 21.7. The summed E-state index contributed by atoms with van der Waals surface area (Å²) in [4.78, 5) is 22.5. The second-order valence-corrected chi connectivity index (χ2v) is 6.69. The molecule has 4 nitrogen and oxygen atoms in total. The van der Waals surface area contributed by atoms with Gasteiger partial charge in [-0.25, -0.2) is 0 Å². The molecule has 136 valence electrons. The molecule has 4 heteroatoms. The van der Waals surface area contributed by atoms with Crippen molar-refractivity contribution in [3.63, 3.8) is 0 Å². The van der Waals surface area contributed by atoms with Crippen molar-refractivity contribution in [2.75, 3.05) is 0 Å². The van der Waals surface area contributed by atoms with E-state index in [4.69, 9.17) is 5.11 Å². The Morgan fingerprint density at radius 1 is 1.12 bits per heavy atom. The molecule has 2 atom stereocenters. The van der Waals surface area contributed by atoms with E-state index in [-0.39, 0.29) is 24.0 Å². The van der Waals surface area contributed by atoms with Crippen molar-refractivity contribution in [1.82, 2.24) is 0 Å². The first-order chi connectivity index (χ1) is 11.6. The van der Waals surface area contributed by atoms with Crippen LogP contribution in [0, 0.1) is 11.8 Å². The molecule has 24 heavy (non-hydrogen) atoms. The van der Waals surface area contributed by atoms with Gasteiger partial charge in [0.2, 0.25) is 0 Å². The van der Waals surface area contributed by atoms with Crippen LogP contribution in [0.4, 0.5) is 0 Å². The molecule has 0 spiro atoms. The maximum atomic E-state index is 12.1. The summed E-state index contributed by atoms with van der Waals surface area (Å²) >= 11 is 0. The lowest BCUT2D eigenvalue weighted by Crippen LogP contribution is -2.16. The molecule has 0 aliphatic heterocycles. The fourth-order valence-electron chi connectivity index (χ4n) is 3.26. The number of aliphatic hydroxyl groups is 1. The summed E-state index contributed by atoms with van der Waals surface area (Å²) in [6, 6.07) is 0. The molecule has 1 aliphatic rings. The smallest absolute Gasteiger partial charge is 0.303 e. The first-order valence-corrected chi connectivity index (χ1v) is 9.34. The van der Waals surface area contributed by atoms with Gasteiger partial charge in [0.25, 0.3) is 0 Å². The molecule has 0 bridgehead atoms. The van der Waals surface area contributed by atoms with E-state index in [0.29, 0.717) is 25.0 Å². The topological polar surface area (TPSA) is 74.6 Å². The first-order valence-electron chi connectivity index (χ1n) is 9.34. The van der Waals surface area contributed by atoms with E-state index < -0.39 is 5.97 Å². The fourth-order valence-corrected chi connectivity index (χ4v) is 3.26. The molecule has 0 aromatic carbocycles. The zero-order valence-corrected chi connectivity index (χ0v) is 14.9. The standard InChI is InChI=1S/C20H32O4/c1-2-3-4-5-9-12-18(21)17-14-15-19(22)16(17)11-8-6-7-10-13-20(23)24/h6,8,12,16-17,21H,2-5,7,9-11,13-15H2,1H3,(H,23,24)/b8-6?,18-12+/t16-,17-/m0/s1. The summed E-state index contributed by atoms with van der Waals surface area (Å²) in [7, 11) is 0. The Morgan fingerprint density at radius 3 is 2.62 bits per heavy atom. The molecular weight excluding hydrogens is 304 g/mol. The van der Waals surface area contributed by atoms with E-state index in [2.05, 4.69) is 6.92 Å². The molecule has 0 aromatic heterocycles. The maximum absolute atomic E-state index is 12.1. The highest BCUT2D eigenvalue weighted by atomic mass is 16.4. The summed E-state index contributed by atoms with van der Waals surface area (Å²) in [5.41, 5.74) is 0. The van der Waals surface area contributed by atoms with Crippen LogP contribution in [0.3, 0.4) is 0 Å². The zero-order chi connectivity index (χ0) is 17.8. The van der Waals surface area contributed by atoms with Gasteiger partial charge in [0, 0.05) is 24.7 Å². The number of Topliss-reactive ketones (excluding diaryl/α,β-unsaturated/α-hetero) is 1. The van der Waals surface area contributed by atoms with Gasteiger partial charge in [-0.2, -0.15) is 0 Å². The summed E-state index contributed by atoms with van der Waals surface area (Å²) in [6.07, 6.45) is 14.9. The molecule has 1 fully saturated rings. The van der Waals surface area contributed by atoms with Crippen LogP contribution in [0.1, 0.15) is 77.6 Å². The highest BCUT2D eigenvalue weighted by molar-refractivity contribution is 5.84. The van der Waals surface area contributed by atoms with Crippen LogP contribution in [-0.4, -0.2) is 22.0 Å². The third kappa shape index (κ3) is 7.80. The molecule has 0 unspecified atom stereocenters. The van der Waals surface area contributed by atoms with Crippen LogP contribution in [0.2, 0.25) is 0 Å². The first kappa shape index (κ1) is 20.5. The summed E-state index contributed by atoms with van der Waals surface area (Å²) in [5.74, 6) is -0.300. The summed E-state index contributed by atoms with van der Waals surface area (Å²) < 4.78 is 0. The number of hydrogen-bond acceptors (Lipinski definition) is 3. The quantitative estimate of drug-likeness (QED) is 0.292. The van der Waals surface area contributed by atoms with E-state index in [1.54, 1.807) is 0 Å². The van der Waals surface area contributed by atoms with Crippen molar-refractivity contribution >= 4 is 11.8 Å². The highest BCUT2D eigenvalue weighted by Gasteiger charge is 2.35. The molecule has 0 aromatic rings. The van der Waals surface area contributed by atoms with Gasteiger partial charge in [-0.3, -0.25) is 9.59 Å². The van der Waals surface area contributed by atoms with Crippen LogP contribution < -0.4 is 0 Å². The van der Waals surface area contributed by atoms with Gasteiger partial charge in [-0.1, -0.05) is 38.3 Å². The third-order valence-electron chi connectivity index (χ3n) is 4.71. The second kappa shape index (κ2) is 11.9. The number of rotatable bonds is 12. The highest BCUT2D eigenvalue weighted by Crippen LogP contribution is 2.36. The molecule has 0 amide bonds. The lowest BCUT2D eigenvalue weighted by Gasteiger charge is -2.16. The molecule has 0 radical (unpaired) electrons. The number of aliphatic hydroxyl groups excluding tert-OH is 1. The number of carbonyl (C=O) groups excluding carboxylic acids is 1. The largest absolute Gasteiger partial charge is 0.512 e. The minimum Gasteiger partial charge on any atom is -0.512 e. The number of ketones is 1. The van der Waals surface area contributed by atoms with Crippen LogP contribution >= 0.6 is 0 Å². The van der Waals surface area contributed by atoms with Crippen molar-refractivity contribution < 1.29 is 19.8 Å². The Labute approximate surface area is 145 Å². The summed E-state index contributed by atoms with van der Waals surface area (Å²) in [6.45, 7) is 2.18. The van der Waals surface area contributed by atoms with Gasteiger partial charge in [0.05, 0.1) is 5.76 Å². The average Bonchev–Trinajstić information content (AvgIpc) is 2.91. The SMILES string of the molecule is CCCCCC/C=C(/O)[C@H]1CCC(=O)[C@H]1CC=CCCCC(=O)O.